The summed E-state index contributed by atoms with van der Waals surface area (Å²) in [5, 5.41) is 0. The van der Waals surface area contributed by atoms with Crippen molar-refractivity contribution in [2.24, 2.45) is 0 Å². The monoisotopic (exact) mass is 197 g/mol. The minimum Gasteiger partial charge on any atom is -0.447 e. The molecule has 4 nitrogen and oxygen atoms in total. The Balaban J connectivity index is 2.41. The second-order valence-corrected chi connectivity index (χ2v) is 3.63. The summed E-state index contributed by atoms with van der Waals surface area (Å²) in [4.78, 5) is 23.3. The first-order valence-electron chi connectivity index (χ1n) is 4.82. The van der Waals surface area contributed by atoms with Crippen LogP contribution >= 0.6 is 0 Å². The summed E-state index contributed by atoms with van der Waals surface area (Å²) in [5.74, 6) is 1.89. The van der Waals surface area contributed by atoms with Crippen LogP contribution in [0.2, 0.25) is 0 Å². The fraction of sp³-hybridized carbons (Fsp3) is 0.700. The molecule has 0 unspecified atom stereocenters. The third-order valence-corrected chi connectivity index (χ3v) is 2.11. The third-order valence-electron chi connectivity index (χ3n) is 2.11. The first-order valence-corrected chi connectivity index (χ1v) is 4.82. The number of likely N-dealkylation sites (tertiary alicyclic amines) is 1. The van der Waals surface area contributed by atoms with Crippen LogP contribution < -0.4 is 0 Å². The average Bonchev–Trinajstić information content (AvgIpc) is 2.17. The van der Waals surface area contributed by atoms with Crippen LogP contribution in [-0.2, 0) is 9.53 Å². The zero-order chi connectivity index (χ0) is 10.6. The highest BCUT2D eigenvalue weighted by Gasteiger charge is 2.21. The number of ether oxygens (including phenoxy) is 1. The number of carbonyl (C=O) groups is 1. The van der Waals surface area contributed by atoms with Gasteiger partial charge in [-0.2, -0.15) is 0 Å². The van der Waals surface area contributed by atoms with Gasteiger partial charge in [-0.15, -0.1) is 0 Å². The number of nitrogens with zero attached hydrogens (tertiary/aromatic N) is 1. The largest absolute Gasteiger partial charge is 0.447 e. The van der Waals surface area contributed by atoms with E-state index in [9.17, 15) is 9.59 Å². The highest BCUT2D eigenvalue weighted by Crippen LogP contribution is 2.14. The van der Waals surface area contributed by atoms with Gasteiger partial charge in [-0.3, -0.25) is 0 Å². The van der Waals surface area contributed by atoms with E-state index in [-0.39, 0.29) is 12.2 Å². The smallest absolute Gasteiger partial charge is 0.410 e. The zero-order valence-corrected chi connectivity index (χ0v) is 8.58. The van der Waals surface area contributed by atoms with Crippen molar-refractivity contribution < 1.29 is 14.3 Å². The summed E-state index contributed by atoms with van der Waals surface area (Å²) in [6.07, 6.45) is 0.864. The molecule has 0 aliphatic carbocycles. The minimum atomic E-state index is -0.287. The summed E-state index contributed by atoms with van der Waals surface area (Å²) in [7, 11) is 0. The molecular formula is C10H15NO3. The fourth-order valence-electron chi connectivity index (χ4n) is 1.34. The van der Waals surface area contributed by atoms with Gasteiger partial charge in [-0.05, 0) is 26.7 Å². The lowest BCUT2D eigenvalue weighted by atomic mass is 10.1. The van der Waals surface area contributed by atoms with E-state index in [2.05, 4.69) is 0 Å². The minimum absolute atomic E-state index is 0.0921. The second-order valence-electron chi connectivity index (χ2n) is 3.63. The van der Waals surface area contributed by atoms with Crippen molar-refractivity contribution >= 4 is 12.0 Å². The van der Waals surface area contributed by atoms with Gasteiger partial charge >= 0.3 is 6.09 Å². The van der Waals surface area contributed by atoms with E-state index >= 15 is 0 Å². The molecule has 0 atom stereocenters. The normalized spacial score (nSPS) is 16.8. The summed E-state index contributed by atoms with van der Waals surface area (Å²) < 4.78 is 5.04. The molecule has 0 radical (unpaired) electrons. The molecule has 1 aliphatic rings. The Morgan fingerprint density at radius 3 is 2.43 bits per heavy atom. The van der Waals surface area contributed by atoms with Gasteiger partial charge in [0.25, 0.3) is 0 Å². The molecule has 0 aromatic rings. The lowest BCUT2D eigenvalue weighted by Gasteiger charge is -2.27. The second kappa shape index (κ2) is 4.82. The van der Waals surface area contributed by atoms with E-state index in [4.69, 9.17) is 4.74 Å². The van der Waals surface area contributed by atoms with Crippen LogP contribution in [0.3, 0.4) is 0 Å². The topological polar surface area (TPSA) is 46.6 Å². The molecule has 1 fully saturated rings. The molecule has 1 rings (SSSR count). The van der Waals surface area contributed by atoms with E-state index in [0.717, 1.165) is 5.57 Å². The number of amides is 1. The number of carbonyl (C=O) groups excluding carboxylic acids is 2. The van der Waals surface area contributed by atoms with Crippen molar-refractivity contribution in [1.29, 1.82) is 0 Å². The quantitative estimate of drug-likeness (QED) is 0.597. The van der Waals surface area contributed by atoms with Crippen molar-refractivity contribution in [3.05, 3.63) is 5.57 Å². The number of piperidine rings is 1. The van der Waals surface area contributed by atoms with Crippen LogP contribution in [-0.4, -0.2) is 36.1 Å². The Hall–Kier alpha value is -1.28. The molecule has 1 saturated heterocycles. The molecule has 0 aromatic carbocycles. The zero-order valence-electron chi connectivity index (χ0n) is 8.58. The van der Waals surface area contributed by atoms with Crippen molar-refractivity contribution in [2.75, 3.05) is 13.1 Å². The SMILES string of the molecule is CC(C)OC(=O)N1CCC(=C=O)CC1. The molecule has 0 spiro atoms. The maximum absolute atomic E-state index is 11.4. The summed E-state index contributed by atoms with van der Waals surface area (Å²) in [5.41, 5.74) is 0.763. The summed E-state index contributed by atoms with van der Waals surface area (Å²) in [6.45, 7) is 4.77. The standard InChI is InChI=1S/C10H15NO3/c1-8(2)14-10(13)11-5-3-9(7-12)4-6-11/h8H,3-6H2,1-2H3. The summed E-state index contributed by atoms with van der Waals surface area (Å²) >= 11 is 0. The van der Waals surface area contributed by atoms with Crippen molar-refractivity contribution in [2.45, 2.75) is 32.8 Å². The first kappa shape index (κ1) is 10.8. The van der Waals surface area contributed by atoms with Gasteiger partial charge in [0.05, 0.1) is 6.10 Å². The number of hydrogen-bond acceptors (Lipinski definition) is 3. The predicted molar refractivity (Wildman–Crippen MR) is 51.6 cm³/mol. The van der Waals surface area contributed by atoms with E-state index in [1.165, 1.54) is 0 Å². The van der Waals surface area contributed by atoms with E-state index in [1.54, 1.807) is 4.90 Å². The van der Waals surface area contributed by atoms with Crippen molar-refractivity contribution in [3.8, 4) is 0 Å². The predicted octanol–water partition coefficient (Wildman–Crippen LogP) is 1.39. The molecule has 4 heteroatoms. The Kier molecular flexibility index (Phi) is 3.72. The van der Waals surface area contributed by atoms with Gasteiger partial charge in [-0.1, -0.05) is 0 Å². The Morgan fingerprint density at radius 2 is 2.00 bits per heavy atom. The Morgan fingerprint density at radius 1 is 1.43 bits per heavy atom. The molecular weight excluding hydrogens is 182 g/mol. The molecule has 0 N–H and O–H groups in total. The molecule has 1 amide bonds. The van der Waals surface area contributed by atoms with Crippen LogP contribution in [0.15, 0.2) is 5.57 Å². The molecule has 14 heavy (non-hydrogen) atoms. The van der Waals surface area contributed by atoms with Crippen LogP contribution in [0.1, 0.15) is 26.7 Å². The summed E-state index contributed by atoms with van der Waals surface area (Å²) in [6, 6.07) is 0. The van der Waals surface area contributed by atoms with Crippen molar-refractivity contribution in [3.63, 3.8) is 0 Å². The Bertz CT molecular complexity index is 257. The van der Waals surface area contributed by atoms with Gasteiger partial charge < -0.3 is 9.64 Å². The molecule has 78 valence electrons. The van der Waals surface area contributed by atoms with Crippen LogP contribution in [0.25, 0.3) is 0 Å². The van der Waals surface area contributed by atoms with Crippen LogP contribution in [0.4, 0.5) is 4.79 Å². The van der Waals surface area contributed by atoms with Crippen molar-refractivity contribution in [1.82, 2.24) is 4.90 Å². The molecule has 1 heterocycles. The van der Waals surface area contributed by atoms with Gasteiger partial charge in [0.1, 0.15) is 5.94 Å². The van der Waals surface area contributed by atoms with E-state index < -0.39 is 0 Å². The Labute approximate surface area is 83.5 Å². The maximum atomic E-state index is 11.4. The van der Waals surface area contributed by atoms with Gasteiger partial charge in [-0.25, -0.2) is 9.59 Å². The van der Waals surface area contributed by atoms with E-state index in [1.807, 2.05) is 19.8 Å². The fourth-order valence-corrected chi connectivity index (χ4v) is 1.34. The maximum Gasteiger partial charge on any atom is 0.410 e. The van der Waals surface area contributed by atoms with Crippen LogP contribution in [0.5, 0.6) is 0 Å². The molecule has 0 saturated carbocycles. The average molecular weight is 197 g/mol. The van der Waals surface area contributed by atoms with Gasteiger partial charge in [0, 0.05) is 18.7 Å². The molecule has 0 aromatic heterocycles. The number of hydrogen-bond donors (Lipinski definition) is 0. The number of rotatable bonds is 1. The third kappa shape index (κ3) is 2.89. The molecule has 1 aliphatic heterocycles. The van der Waals surface area contributed by atoms with Gasteiger partial charge in [0.15, 0.2) is 0 Å². The van der Waals surface area contributed by atoms with Gasteiger partial charge in [0.2, 0.25) is 0 Å². The molecule has 0 bridgehead atoms. The highest BCUT2D eigenvalue weighted by molar-refractivity contribution is 5.68. The lowest BCUT2D eigenvalue weighted by Crippen LogP contribution is -2.37. The van der Waals surface area contributed by atoms with E-state index in [0.29, 0.717) is 25.9 Å². The first-order chi connectivity index (χ1) is 6.63. The lowest BCUT2D eigenvalue weighted by molar-refractivity contribution is 0.0746. The highest BCUT2D eigenvalue weighted by atomic mass is 16.6. The van der Waals surface area contributed by atoms with Crippen LogP contribution in [0, 0.1) is 0 Å².